The van der Waals surface area contributed by atoms with Gasteiger partial charge in [-0.25, -0.2) is 22.5 Å². The molecule has 38 heavy (non-hydrogen) atoms. The maximum Gasteiger partial charge on any atom is 0.454 e. The standard InChI is InChI=1S/C27H21F6NO3S/c1-14-2-4-17(35-12-14)13-36-16-5-6-19(20(28)9-16)15-3-7-23-24(8-15)38-26(34-23)27(32,33)37-18-10-21(29)25(31)22(30)11-18/h3,5-11,14,17H,2,4,12-13H2,1H3. The highest BCUT2D eigenvalue weighted by molar-refractivity contribution is 7.18. The van der Waals surface area contributed by atoms with Gasteiger partial charge in [0.1, 0.15) is 23.9 Å². The Hall–Kier alpha value is -3.31. The minimum absolute atomic E-state index is 0.0416. The first-order chi connectivity index (χ1) is 18.1. The van der Waals surface area contributed by atoms with E-state index in [1.54, 1.807) is 6.07 Å². The number of thiazole rings is 1. The summed E-state index contributed by atoms with van der Waals surface area (Å²) in [5.41, 5.74) is 0.848. The van der Waals surface area contributed by atoms with Gasteiger partial charge in [0.25, 0.3) is 0 Å². The van der Waals surface area contributed by atoms with Crippen LogP contribution in [-0.4, -0.2) is 24.3 Å². The first kappa shape index (κ1) is 26.3. The van der Waals surface area contributed by atoms with E-state index in [0.29, 0.717) is 58.6 Å². The fourth-order valence-corrected chi connectivity index (χ4v) is 4.99. The molecule has 0 N–H and O–H groups in total. The maximum atomic E-state index is 14.9. The molecule has 2 unspecified atom stereocenters. The molecular weight excluding hydrogens is 532 g/mol. The van der Waals surface area contributed by atoms with Crippen LogP contribution in [0.4, 0.5) is 26.3 Å². The lowest BCUT2D eigenvalue weighted by Crippen LogP contribution is -2.29. The number of aromatic nitrogens is 1. The molecule has 1 aliphatic heterocycles. The molecule has 0 spiro atoms. The maximum absolute atomic E-state index is 14.9. The van der Waals surface area contributed by atoms with Crippen molar-refractivity contribution in [1.82, 2.24) is 4.98 Å². The van der Waals surface area contributed by atoms with Gasteiger partial charge < -0.3 is 14.2 Å². The summed E-state index contributed by atoms with van der Waals surface area (Å²) in [6, 6.07) is 9.52. The van der Waals surface area contributed by atoms with E-state index in [2.05, 4.69) is 16.6 Å². The van der Waals surface area contributed by atoms with Crippen molar-refractivity contribution in [2.24, 2.45) is 5.92 Å². The molecule has 3 aromatic carbocycles. The van der Waals surface area contributed by atoms with Crippen molar-refractivity contribution in [3.63, 3.8) is 0 Å². The number of halogens is 6. The number of alkyl halides is 2. The van der Waals surface area contributed by atoms with E-state index >= 15 is 0 Å². The lowest BCUT2D eigenvalue weighted by Gasteiger charge is -2.26. The van der Waals surface area contributed by atoms with Crippen LogP contribution >= 0.6 is 11.3 Å². The molecule has 200 valence electrons. The second kappa shape index (κ2) is 10.5. The van der Waals surface area contributed by atoms with Gasteiger partial charge in [0.05, 0.1) is 16.3 Å². The van der Waals surface area contributed by atoms with E-state index in [9.17, 15) is 26.3 Å². The summed E-state index contributed by atoms with van der Waals surface area (Å²) >= 11 is 0.568. The van der Waals surface area contributed by atoms with Gasteiger partial charge in [0, 0.05) is 30.4 Å². The van der Waals surface area contributed by atoms with Crippen LogP contribution < -0.4 is 9.47 Å². The largest absolute Gasteiger partial charge is 0.491 e. The Bertz CT molecular complexity index is 1450. The Kier molecular flexibility index (Phi) is 7.23. The van der Waals surface area contributed by atoms with Gasteiger partial charge in [-0.1, -0.05) is 13.0 Å². The number of ether oxygens (including phenoxy) is 3. The third kappa shape index (κ3) is 5.58. The summed E-state index contributed by atoms with van der Waals surface area (Å²) in [5.74, 6) is -5.73. The lowest BCUT2D eigenvalue weighted by atomic mass is 10.0. The van der Waals surface area contributed by atoms with Crippen molar-refractivity contribution >= 4 is 21.6 Å². The molecule has 0 amide bonds. The molecule has 4 nitrogen and oxygen atoms in total. The van der Waals surface area contributed by atoms with Crippen LogP contribution in [-0.2, 0) is 10.8 Å². The van der Waals surface area contributed by atoms with Gasteiger partial charge in [-0.15, -0.1) is 11.3 Å². The molecule has 0 saturated carbocycles. The Labute approximate surface area is 217 Å². The predicted octanol–water partition coefficient (Wildman–Crippen LogP) is 7.84. The normalized spacial score (nSPS) is 18.1. The minimum Gasteiger partial charge on any atom is -0.491 e. The van der Waals surface area contributed by atoms with E-state index < -0.39 is 40.1 Å². The lowest BCUT2D eigenvalue weighted by molar-refractivity contribution is -0.185. The number of rotatable bonds is 7. The van der Waals surface area contributed by atoms with Gasteiger partial charge in [0.15, 0.2) is 17.5 Å². The molecule has 0 radical (unpaired) electrons. The van der Waals surface area contributed by atoms with E-state index in [0.717, 1.165) is 12.8 Å². The molecule has 1 aliphatic rings. The molecular formula is C27H21F6NO3S. The number of benzene rings is 3. The van der Waals surface area contributed by atoms with Crippen LogP contribution in [0.25, 0.3) is 21.3 Å². The van der Waals surface area contributed by atoms with E-state index in [1.807, 2.05) is 0 Å². The number of hydrogen-bond donors (Lipinski definition) is 0. The van der Waals surface area contributed by atoms with E-state index in [-0.39, 0.29) is 17.2 Å². The predicted molar refractivity (Wildman–Crippen MR) is 129 cm³/mol. The fraction of sp³-hybridized carbons (Fsp3) is 0.296. The fourth-order valence-electron chi connectivity index (χ4n) is 4.08. The quantitative estimate of drug-likeness (QED) is 0.173. The number of hydrogen-bond acceptors (Lipinski definition) is 5. The van der Waals surface area contributed by atoms with Crippen molar-refractivity contribution in [3.05, 3.63) is 76.8 Å². The van der Waals surface area contributed by atoms with Crippen molar-refractivity contribution in [2.45, 2.75) is 32.0 Å². The summed E-state index contributed by atoms with van der Waals surface area (Å²) in [7, 11) is 0. The molecule has 2 heterocycles. The van der Waals surface area contributed by atoms with E-state index in [1.165, 1.54) is 30.3 Å². The van der Waals surface area contributed by atoms with Crippen LogP contribution in [0.3, 0.4) is 0 Å². The van der Waals surface area contributed by atoms with Crippen molar-refractivity contribution in [1.29, 1.82) is 0 Å². The molecule has 2 atom stereocenters. The van der Waals surface area contributed by atoms with E-state index in [4.69, 9.17) is 9.47 Å². The molecule has 1 fully saturated rings. The third-order valence-electron chi connectivity index (χ3n) is 6.13. The monoisotopic (exact) mass is 553 g/mol. The van der Waals surface area contributed by atoms with Gasteiger partial charge >= 0.3 is 6.11 Å². The SMILES string of the molecule is CC1CCC(COc2ccc(-c3ccc4nc(C(F)(F)Oc5cc(F)c(F)c(F)c5)sc4c3)c(F)c2)OC1. The average molecular weight is 554 g/mol. The highest BCUT2D eigenvalue weighted by Crippen LogP contribution is 2.39. The average Bonchev–Trinajstić information content (AvgIpc) is 3.31. The smallest absolute Gasteiger partial charge is 0.454 e. The van der Waals surface area contributed by atoms with Gasteiger partial charge in [-0.2, -0.15) is 8.78 Å². The Balaban J connectivity index is 1.32. The topological polar surface area (TPSA) is 40.6 Å². The molecule has 0 aliphatic carbocycles. The molecule has 5 rings (SSSR count). The van der Waals surface area contributed by atoms with Crippen LogP contribution in [0.15, 0.2) is 48.5 Å². The molecule has 1 aromatic heterocycles. The summed E-state index contributed by atoms with van der Waals surface area (Å²) in [5, 5.41) is -0.793. The Morgan fingerprint density at radius 2 is 1.68 bits per heavy atom. The van der Waals surface area contributed by atoms with Crippen LogP contribution in [0.2, 0.25) is 0 Å². The van der Waals surface area contributed by atoms with Crippen molar-refractivity contribution in [2.75, 3.05) is 13.2 Å². The molecule has 0 bridgehead atoms. The number of fused-ring (bicyclic) bond motifs is 1. The summed E-state index contributed by atoms with van der Waals surface area (Å²) in [6.45, 7) is 3.10. The zero-order chi connectivity index (χ0) is 27.0. The first-order valence-corrected chi connectivity index (χ1v) is 12.6. The first-order valence-electron chi connectivity index (χ1n) is 11.8. The second-order valence-electron chi connectivity index (χ2n) is 9.11. The van der Waals surface area contributed by atoms with Crippen LogP contribution in [0.5, 0.6) is 11.5 Å². The third-order valence-corrected chi connectivity index (χ3v) is 7.20. The summed E-state index contributed by atoms with van der Waals surface area (Å²) < 4.78 is 100. The molecule has 11 heteroatoms. The number of nitrogens with zero attached hydrogens (tertiary/aromatic N) is 1. The minimum atomic E-state index is -4.06. The summed E-state index contributed by atoms with van der Waals surface area (Å²) in [4.78, 5) is 3.84. The van der Waals surface area contributed by atoms with Crippen molar-refractivity contribution in [3.8, 4) is 22.6 Å². The van der Waals surface area contributed by atoms with Gasteiger partial charge in [-0.05, 0) is 48.6 Å². The van der Waals surface area contributed by atoms with Crippen LogP contribution in [0.1, 0.15) is 24.8 Å². The zero-order valence-corrected chi connectivity index (χ0v) is 20.8. The van der Waals surface area contributed by atoms with Gasteiger partial charge in [0.2, 0.25) is 5.01 Å². The summed E-state index contributed by atoms with van der Waals surface area (Å²) in [6.07, 6.45) is -2.18. The molecule has 1 saturated heterocycles. The Morgan fingerprint density at radius 1 is 0.947 bits per heavy atom. The second-order valence-corrected chi connectivity index (χ2v) is 10.1. The highest BCUT2D eigenvalue weighted by Gasteiger charge is 2.39. The van der Waals surface area contributed by atoms with Gasteiger partial charge in [-0.3, -0.25) is 0 Å². The van der Waals surface area contributed by atoms with Crippen LogP contribution in [0, 0.1) is 29.2 Å². The Morgan fingerprint density at radius 3 is 2.37 bits per heavy atom. The molecule has 4 aromatic rings. The highest BCUT2D eigenvalue weighted by atomic mass is 32.1. The zero-order valence-electron chi connectivity index (χ0n) is 19.9. The van der Waals surface area contributed by atoms with Crippen molar-refractivity contribution < 1.29 is 40.6 Å².